The van der Waals surface area contributed by atoms with Gasteiger partial charge in [0, 0.05) is 18.0 Å². The van der Waals surface area contributed by atoms with E-state index in [2.05, 4.69) is 4.98 Å². The average molecular weight is 354 g/mol. The first kappa shape index (κ1) is 17.5. The maximum absolute atomic E-state index is 13.1. The Morgan fingerprint density at radius 2 is 1.65 bits per heavy atom. The normalized spacial score (nSPS) is 11.0. The molecular formula is C20H13F3N2O. The number of benzene rings is 2. The van der Waals surface area contributed by atoms with Crippen molar-refractivity contribution in [3.8, 4) is 34.1 Å². The number of hydrogen-bond acceptors (Lipinski definition) is 3. The van der Waals surface area contributed by atoms with Crippen LogP contribution in [0.2, 0.25) is 0 Å². The highest BCUT2D eigenvalue weighted by molar-refractivity contribution is 5.78. The van der Waals surface area contributed by atoms with E-state index in [-0.39, 0.29) is 5.56 Å². The van der Waals surface area contributed by atoms with E-state index in [0.29, 0.717) is 16.9 Å². The molecule has 0 radical (unpaired) electrons. The third-order valence-corrected chi connectivity index (χ3v) is 3.91. The summed E-state index contributed by atoms with van der Waals surface area (Å²) in [6.45, 7) is 0. The second-order valence-corrected chi connectivity index (χ2v) is 5.56. The van der Waals surface area contributed by atoms with E-state index < -0.39 is 11.7 Å². The summed E-state index contributed by atoms with van der Waals surface area (Å²) in [4.78, 5) is 3.97. The first-order chi connectivity index (χ1) is 12.4. The van der Waals surface area contributed by atoms with Gasteiger partial charge in [-0.05, 0) is 59.2 Å². The summed E-state index contributed by atoms with van der Waals surface area (Å²) < 4.78 is 44.7. The van der Waals surface area contributed by atoms with Crippen molar-refractivity contribution >= 4 is 0 Å². The van der Waals surface area contributed by atoms with Crippen LogP contribution in [0.1, 0.15) is 11.1 Å². The van der Waals surface area contributed by atoms with E-state index in [0.717, 1.165) is 23.3 Å². The highest BCUT2D eigenvalue weighted by atomic mass is 19.4. The fourth-order valence-corrected chi connectivity index (χ4v) is 2.67. The van der Waals surface area contributed by atoms with Crippen molar-refractivity contribution in [1.29, 1.82) is 5.26 Å². The molecule has 0 aliphatic rings. The van der Waals surface area contributed by atoms with Gasteiger partial charge in [-0.3, -0.25) is 4.98 Å². The summed E-state index contributed by atoms with van der Waals surface area (Å²) in [7, 11) is 1.53. The summed E-state index contributed by atoms with van der Waals surface area (Å²) in [5.41, 5.74) is 1.52. The predicted molar refractivity (Wildman–Crippen MR) is 91.4 cm³/mol. The minimum absolute atomic E-state index is 0.0453. The van der Waals surface area contributed by atoms with Crippen molar-refractivity contribution in [2.45, 2.75) is 6.18 Å². The number of ether oxygens (including phenoxy) is 1. The maximum atomic E-state index is 13.1. The number of nitriles is 1. The third kappa shape index (κ3) is 3.52. The third-order valence-electron chi connectivity index (χ3n) is 3.91. The molecule has 0 unspecified atom stereocenters. The van der Waals surface area contributed by atoms with Gasteiger partial charge in [-0.15, -0.1) is 0 Å². The summed E-state index contributed by atoms with van der Waals surface area (Å²) in [5.74, 6) is 0.590. The minimum atomic E-state index is -4.53. The highest BCUT2D eigenvalue weighted by Crippen LogP contribution is 2.37. The molecule has 0 aliphatic carbocycles. The molecule has 0 atom stereocenters. The zero-order valence-electron chi connectivity index (χ0n) is 13.7. The molecule has 3 nitrogen and oxygen atoms in total. The molecule has 0 aliphatic heterocycles. The van der Waals surface area contributed by atoms with Crippen LogP contribution in [0.4, 0.5) is 13.2 Å². The second kappa shape index (κ2) is 6.89. The van der Waals surface area contributed by atoms with Crippen molar-refractivity contribution in [1.82, 2.24) is 4.98 Å². The fourth-order valence-electron chi connectivity index (χ4n) is 2.67. The van der Waals surface area contributed by atoms with Gasteiger partial charge >= 0.3 is 6.18 Å². The largest absolute Gasteiger partial charge is 0.496 e. The molecule has 0 N–H and O–H groups in total. The first-order valence-electron chi connectivity index (χ1n) is 7.63. The highest BCUT2D eigenvalue weighted by Gasteiger charge is 2.31. The number of hydrogen-bond donors (Lipinski definition) is 0. The molecular weight excluding hydrogens is 341 g/mol. The Balaban J connectivity index is 2.18. The van der Waals surface area contributed by atoms with Crippen LogP contribution in [0.3, 0.4) is 0 Å². The SMILES string of the molecule is COc1ccc(-c2cc(C#N)cc(C(F)(F)F)c2)cc1-c1ccncc1. The van der Waals surface area contributed by atoms with Crippen LogP contribution in [0.15, 0.2) is 60.9 Å². The number of halogens is 3. The number of pyridine rings is 1. The lowest BCUT2D eigenvalue weighted by Gasteiger charge is -2.13. The predicted octanol–water partition coefficient (Wildman–Crippen LogP) is 5.31. The Hall–Kier alpha value is -3.33. The van der Waals surface area contributed by atoms with Crippen molar-refractivity contribution < 1.29 is 17.9 Å². The van der Waals surface area contributed by atoms with E-state index >= 15 is 0 Å². The molecule has 0 bridgehead atoms. The first-order valence-corrected chi connectivity index (χ1v) is 7.63. The molecule has 130 valence electrons. The lowest BCUT2D eigenvalue weighted by molar-refractivity contribution is -0.137. The Labute approximate surface area is 148 Å². The molecule has 26 heavy (non-hydrogen) atoms. The van der Waals surface area contributed by atoms with Gasteiger partial charge in [0.15, 0.2) is 0 Å². The Morgan fingerprint density at radius 1 is 0.923 bits per heavy atom. The molecule has 0 fully saturated rings. The van der Waals surface area contributed by atoms with Crippen molar-refractivity contribution in [3.63, 3.8) is 0 Å². The van der Waals surface area contributed by atoms with Gasteiger partial charge in [0.05, 0.1) is 24.3 Å². The quantitative estimate of drug-likeness (QED) is 0.640. The molecule has 3 rings (SSSR count). The number of rotatable bonds is 3. The molecule has 2 aromatic carbocycles. The molecule has 1 heterocycles. The van der Waals surface area contributed by atoms with Gasteiger partial charge in [0.1, 0.15) is 5.75 Å². The zero-order valence-corrected chi connectivity index (χ0v) is 13.7. The van der Waals surface area contributed by atoms with E-state index in [1.807, 2.05) is 0 Å². The van der Waals surface area contributed by atoms with E-state index in [9.17, 15) is 13.2 Å². The number of aromatic nitrogens is 1. The Morgan fingerprint density at radius 3 is 2.27 bits per heavy atom. The van der Waals surface area contributed by atoms with E-state index in [4.69, 9.17) is 10.00 Å². The van der Waals surface area contributed by atoms with Crippen LogP contribution >= 0.6 is 0 Å². The molecule has 0 saturated heterocycles. The van der Waals surface area contributed by atoms with Gasteiger partial charge in [-0.2, -0.15) is 18.4 Å². The van der Waals surface area contributed by atoms with Gasteiger partial charge in [0.2, 0.25) is 0 Å². The lowest BCUT2D eigenvalue weighted by atomic mass is 9.96. The second-order valence-electron chi connectivity index (χ2n) is 5.56. The van der Waals surface area contributed by atoms with Crippen molar-refractivity contribution in [3.05, 3.63) is 72.1 Å². The van der Waals surface area contributed by atoms with Crippen LogP contribution in [0, 0.1) is 11.3 Å². The topological polar surface area (TPSA) is 45.9 Å². The van der Waals surface area contributed by atoms with Gasteiger partial charge in [-0.1, -0.05) is 6.07 Å². The molecule has 6 heteroatoms. The average Bonchev–Trinajstić information content (AvgIpc) is 2.67. The van der Waals surface area contributed by atoms with Crippen molar-refractivity contribution in [2.75, 3.05) is 7.11 Å². The zero-order chi connectivity index (χ0) is 18.7. The van der Waals surface area contributed by atoms with Crippen LogP contribution in [0.25, 0.3) is 22.3 Å². The summed E-state index contributed by atoms with van der Waals surface area (Å²) in [6.07, 6.45) is -1.28. The molecule has 0 saturated carbocycles. The fraction of sp³-hybridized carbons (Fsp3) is 0.100. The summed E-state index contributed by atoms with van der Waals surface area (Å²) in [6, 6.07) is 13.8. The summed E-state index contributed by atoms with van der Waals surface area (Å²) >= 11 is 0. The van der Waals surface area contributed by atoms with Crippen LogP contribution in [0.5, 0.6) is 5.75 Å². The lowest BCUT2D eigenvalue weighted by Crippen LogP contribution is -2.05. The molecule has 0 spiro atoms. The van der Waals surface area contributed by atoms with Crippen LogP contribution < -0.4 is 4.74 Å². The van der Waals surface area contributed by atoms with E-state index in [1.54, 1.807) is 48.8 Å². The minimum Gasteiger partial charge on any atom is -0.496 e. The number of methoxy groups -OCH3 is 1. The number of alkyl halides is 3. The monoisotopic (exact) mass is 354 g/mol. The summed E-state index contributed by atoms with van der Waals surface area (Å²) in [5, 5.41) is 9.07. The van der Waals surface area contributed by atoms with Gasteiger partial charge < -0.3 is 4.74 Å². The van der Waals surface area contributed by atoms with Crippen LogP contribution in [-0.2, 0) is 6.18 Å². The molecule has 1 aromatic heterocycles. The standard InChI is InChI=1S/C20H13F3N2O/c1-26-19-3-2-15(11-18(19)14-4-6-25-7-5-14)16-8-13(12-24)9-17(10-16)20(21,22)23/h2-11H,1H3. The molecule has 3 aromatic rings. The Kier molecular flexibility index (Phi) is 4.63. The van der Waals surface area contributed by atoms with Crippen molar-refractivity contribution in [2.24, 2.45) is 0 Å². The smallest absolute Gasteiger partial charge is 0.416 e. The Bertz CT molecular complexity index is 977. The van der Waals surface area contributed by atoms with Crippen LogP contribution in [-0.4, -0.2) is 12.1 Å². The molecule has 0 amide bonds. The van der Waals surface area contributed by atoms with Gasteiger partial charge in [0.25, 0.3) is 0 Å². The van der Waals surface area contributed by atoms with Gasteiger partial charge in [-0.25, -0.2) is 0 Å². The maximum Gasteiger partial charge on any atom is 0.416 e. The van der Waals surface area contributed by atoms with E-state index in [1.165, 1.54) is 13.2 Å². The number of nitrogens with zero attached hydrogens (tertiary/aromatic N) is 2.